The van der Waals surface area contributed by atoms with E-state index in [1.807, 2.05) is 0 Å². The topological polar surface area (TPSA) is 79.4 Å². The molecule has 4 rings (SSSR count). The maximum absolute atomic E-state index is 14.5. The van der Waals surface area contributed by atoms with Gasteiger partial charge in [-0.1, -0.05) is 6.42 Å². The zero-order valence-corrected chi connectivity index (χ0v) is 20.6. The zero-order valence-electron chi connectivity index (χ0n) is 20.6. The first kappa shape index (κ1) is 25.5. The Bertz CT molecular complexity index is 1170. The van der Waals surface area contributed by atoms with Gasteiger partial charge in [0, 0.05) is 36.4 Å². The average molecular weight is 496 g/mol. The number of anilines is 3. The zero-order chi connectivity index (χ0) is 25.5. The van der Waals surface area contributed by atoms with Crippen molar-refractivity contribution in [2.24, 2.45) is 0 Å². The number of amides is 1. The lowest BCUT2D eigenvalue weighted by molar-refractivity contribution is 0.102. The van der Waals surface area contributed by atoms with Crippen LogP contribution >= 0.6 is 0 Å². The van der Waals surface area contributed by atoms with E-state index >= 15 is 0 Å². The van der Waals surface area contributed by atoms with Crippen molar-refractivity contribution in [3.05, 3.63) is 71.1 Å². The van der Waals surface area contributed by atoms with Crippen molar-refractivity contribution in [3.63, 3.8) is 0 Å². The van der Waals surface area contributed by atoms with E-state index in [9.17, 15) is 13.6 Å². The number of likely N-dealkylation sites (tertiary alicyclic amines) is 1. The molecule has 0 aliphatic carbocycles. The van der Waals surface area contributed by atoms with Crippen LogP contribution in [-0.2, 0) is 0 Å². The van der Waals surface area contributed by atoms with Crippen LogP contribution in [0.5, 0.6) is 5.75 Å². The van der Waals surface area contributed by atoms with Crippen molar-refractivity contribution in [3.8, 4) is 5.75 Å². The molecule has 2 N–H and O–H groups in total. The highest BCUT2D eigenvalue weighted by Crippen LogP contribution is 2.24. The number of benzene rings is 2. The standard InChI is InChI=1S/C27H31F2N5O2/c1-18-13-21(28)14-19(2)25(18)33-26(35)20-16-30-27(31-17-20)32-22-7-8-24(23(29)15-22)36-12-6-11-34-9-4-3-5-10-34/h7-8,13-17H,3-6,9-12H2,1-2H3,(H,33,35)(H,30,31,32). The molecule has 7 nitrogen and oxygen atoms in total. The number of rotatable bonds is 9. The molecule has 1 fully saturated rings. The number of halogens is 2. The first-order valence-electron chi connectivity index (χ1n) is 12.2. The van der Waals surface area contributed by atoms with Crippen molar-refractivity contribution >= 4 is 23.2 Å². The van der Waals surface area contributed by atoms with Gasteiger partial charge in [0.15, 0.2) is 11.6 Å². The second kappa shape index (κ2) is 11.9. The van der Waals surface area contributed by atoms with Gasteiger partial charge in [0.1, 0.15) is 5.82 Å². The molecule has 36 heavy (non-hydrogen) atoms. The molecule has 190 valence electrons. The quantitative estimate of drug-likeness (QED) is 0.375. The van der Waals surface area contributed by atoms with Gasteiger partial charge in [0.25, 0.3) is 5.91 Å². The SMILES string of the molecule is Cc1cc(F)cc(C)c1NC(=O)c1cnc(Nc2ccc(OCCCN3CCCCC3)c(F)c2)nc1. The van der Waals surface area contributed by atoms with E-state index < -0.39 is 11.7 Å². The molecule has 1 aliphatic heterocycles. The molecule has 2 heterocycles. The molecule has 0 atom stereocenters. The number of carbonyl (C=O) groups excluding carboxylic acids is 1. The minimum atomic E-state index is -0.473. The Labute approximate surface area is 209 Å². The third-order valence-electron chi connectivity index (χ3n) is 6.16. The summed E-state index contributed by atoms with van der Waals surface area (Å²) in [4.78, 5) is 23.3. The number of nitrogens with zero attached hydrogens (tertiary/aromatic N) is 3. The summed E-state index contributed by atoms with van der Waals surface area (Å²) in [6, 6.07) is 7.30. The van der Waals surface area contributed by atoms with Crippen molar-refractivity contribution in [1.82, 2.24) is 14.9 Å². The van der Waals surface area contributed by atoms with E-state index in [1.54, 1.807) is 26.0 Å². The van der Waals surface area contributed by atoms with Gasteiger partial charge in [-0.25, -0.2) is 18.7 Å². The van der Waals surface area contributed by atoms with Crippen LogP contribution in [-0.4, -0.2) is 47.0 Å². The number of aromatic nitrogens is 2. The fourth-order valence-corrected chi connectivity index (χ4v) is 4.28. The van der Waals surface area contributed by atoms with E-state index in [4.69, 9.17) is 4.74 Å². The van der Waals surface area contributed by atoms with Crippen molar-refractivity contribution in [2.45, 2.75) is 39.5 Å². The summed E-state index contributed by atoms with van der Waals surface area (Å²) in [7, 11) is 0. The van der Waals surface area contributed by atoms with Gasteiger partial charge in [0.2, 0.25) is 5.95 Å². The number of carbonyl (C=O) groups is 1. The van der Waals surface area contributed by atoms with Crippen molar-refractivity contribution < 1.29 is 18.3 Å². The van der Waals surface area contributed by atoms with E-state index in [-0.39, 0.29) is 23.1 Å². The van der Waals surface area contributed by atoms with Crippen LogP contribution in [0.4, 0.5) is 26.1 Å². The van der Waals surface area contributed by atoms with Gasteiger partial charge in [-0.3, -0.25) is 4.79 Å². The van der Waals surface area contributed by atoms with Crippen LogP contribution in [0.15, 0.2) is 42.7 Å². The molecule has 3 aromatic rings. The van der Waals surface area contributed by atoms with Gasteiger partial charge in [0.05, 0.1) is 12.2 Å². The fourth-order valence-electron chi connectivity index (χ4n) is 4.28. The molecular weight excluding hydrogens is 464 g/mol. The average Bonchev–Trinajstić information content (AvgIpc) is 2.86. The summed E-state index contributed by atoms with van der Waals surface area (Å²) < 4.78 is 33.6. The summed E-state index contributed by atoms with van der Waals surface area (Å²) >= 11 is 0. The Morgan fingerprint density at radius 3 is 2.39 bits per heavy atom. The summed E-state index contributed by atoms with van der Waals surface area (Å²) in [5, 5.41) is 5.70. The number of hydrogen-bond acceptors (Lipinski definition) is 6. The summed E-state index contributed by atoms with van der Waals surface area (Å²) in [5.74, 6) is -0.814. The molecule has 0 unspecified atom stereocenters. The van der Waals surface area contributed by atoms with Crippen LogP contribution in [0.3, 0.4) is 0 Å². The minimum absolute atomic E-state index is 0.207. The van der Waals surface area contributed by atoms with Crippen LogP contribution in [0.25, 0.3) is 0 Å². The Morgan fingerprint density at radius 1 is 1.03 bits per heavy atom. The molecule has 0 spiro atoms. The van der Waals surface area contributed by atoms with Gasteiger partial charge in [-0.2, -0.15) is 0 Å². The lowest BCUT2D eigenvalue weighted by Crippen LogP contribution is -2.31. The molecule has 0 radical (unpaired) electrons. The fraction of sp³-hybridized carbons (Fsp3) is 0.370. The van der Waals surface area contributed by atoms with Crippen LogP contribution in [0.2, 0.25) is 0 Å². The van der Waals surface area contributed by atoms with Crippen LogP contribution in [0.1, 0.15) is 47.2 Å². The highest BCUT2D eigenvalue weighted by molar-refractivity contribution is 6.04. The van der Waals surface area contributed by atoms with Gasteiger partial charge < -0.3 is 20.3 Å². The minimum Gasteiger partial charge on any atom is -0.490 e. The monoisotopic (exact) mass is 495 g/mol. The van der Waals surface area contributed by atoms with Crippen LogP contribution in [0, 0.1) is 25.5 Å². The van der Waals surface area contributed by atoms with E-state index in [0.29, 0.717) is 29.1 Å². The maximum Gasteiger partial charge on any atom is 0.258 e. The first-order chi connectivity index (χ1) is 17.4. The third kappa shape index (κ3) is 6.75. The largest absolute Gasteiger partial charge is 0.490 e. The second-order valence-corrected chi connectivity index (χ2v) is 9.04. The maximum atomic E-state index is 14.5. The summed E-state index contributed by atoms with van der Waals surface area (Å²) in [5.41, 5.74) is 2.49. The molecule has 9 heteroatoms. The van der Waals surface area contributed by atoms with Crippen molar-refractivity contribution in [2.75, 3.05) is 36.9 Å². The third-order valence-corrected chi connectivity index (χ3v) is 6.16. The van der Waals surface area contributed by atoms with E-state index in [2.05, 4.69) is 25.5 Å². The second-order valence-electron chi connectivity index (χ2n) is 9.04. The number of piperidine rings is 1. The smallest absolute Gasteiger partial charge is 0.258 e. The molecule has 1 aromatic heterocycles. The summed E-state index contributed by atoms with van der Waals surface area (Å²) in [6.07, 6.45) is 7.40. The Balaban J connectivity index is 1.29. The molecular formula is C27H31F2N5O2. The molecule has 1 aliphatic rings. The number of ether oxygens (including phenoxy) is 1. The molecule has 1 amide bonds. The molecule has 1 saturated heterocycles. The predicted octanol–water partition coefficient (Wildman–Crippen LogP) is 5.62. The lowest BCUT2D eigenvalue weighted by Gasteiger charge is -2.26. The molecule has 0 saturated carbocycles. The predicted molar refractivity (Wildman–Crippen MR) is 136 cm³/mol. The normalized spacial score (nSPS) is 13.9. The summed E-state index contributed by atoms with van der Waals surface area (Å²) in [6.45, 7) is 7.15. The Hall–Kier alpha value is -3.59. The Kier molecular flexibility index (Phi) is 8.43. The highest BCUT2D eigenvalue weighted by atomic mass is 19.1. The lowest BCUT2D eigenvalue weighted by atomic mass is 10.1. The highest BCUT2D eigenvalue weighted by Gasteiger charge is 2.13. The molecule has 2 aromatic carbocycles. The number of nitrogens with one attached hydrogen (secondary N) is 2. The van der Waals surface area contributed by atoms with Gasteiger partial charge >= 0.3 is 0 Å². The van der Waals surface area contributed by atoms with Gasteiger partial charge in [-0.05, 0) is 81.6 Å². The first-order valence-corrected chi connectivity index (χ1v) is 12.2. The van der Waals surface area contributed by atoms with Gasteiger partial charge in [-0.15, -0.1) is 0 Å². The van der Waals surface area contributed by atoms with E-state index in [0.717, 1.165) is 26.1 Å². The molecule has 0 bridgehead atoms. The van der Waals surface area contributed by atoms with Crippen molar-refractivity contribution in [1.29, 1.82) is 0 Å². The van der Waals surface area contributed by atoms with Crippen LogP contribution < -0.4 is 15.4 Å². The Morgan fingerprint density at radius 2 is 1.72 bits per heavy atom. The number of hydrogen-bond donors (Lipinski definition) is 2. The number of aryl methyl sites for hydroxylation is 2. The van der Waals surface area contributed by atoms with E-state index in [1.165, 1.54) is 49.9 Å².